The molecule has 0 aromatic heterocycles. The third-order valence-corrected chi connectivity index (χ3v) is 1.97. The van der Waals surface area contributed by atoms with Crippen LogP contribution in [0.1, 0.15) is 5.56 Å². The van der Waals surface area contributed by atoms with Crippen LogP contribution in [0.4, 0.5) is 13.2 Å². The van der Waals surface area contributed by atoms with Crippen LogP contribution >= 0.6 is 0 Å². The minimum atomic E-state index is -4.43. The third kappa shape index (κ3) is 4.48. The van der Waals surface area contributed by atoms with Gasteiger partial charge < -0.3 is 10.1 Å². The van der Waals surface area contributed by atoms with E-state index in [0.717, 1.165) is 12.1 Å². The van der Waals surface area contributed by atoms with Crippen molar-refractivity contribution < 1.29 is 22.7 Å². The molecule has 1 N–H and O–H groups in total. The van der Waals surface area contributed by atoms with Gasteiger partial charge in [-0.1, -0.05) is 12.1 Å². The van der Waals surface area contributed by atoms with Crippen LogP contribution in [0.5, 0.6) is 5.75 Å². The van der Waals surface area contributed by atoms with Crippen molar-refractivity contribution >= 4 is 5.91 Å². The quantitative estimate of drug-likeness (QED) is 0.824. The van der Waals surface area contributed by atoms with Gasteiger partial charge in [0, 0.05) is 6.54 Å². The molecule has 0 fully saturated rings. The Hall–Kier alpha value is -1.98. The topological polar surface area (TPSA) is 38.3 Å². The van der Waals surface area contributed by atoms with Gasteiger partial charge in [-0.05, 0) is 18.2 Å². The van der Waals surface area contributed by atoms with Crippen LogP contribution in [0.25, 0.3) is 0 Å². The zero-order valence-electron chi connectivity index (χ0n) is 9.46. The van der Waals surface area contributed by atoms with Gasteiger partial charge in [0.2, 0.25) is 0 Å². The van der Waals surface area contributed by atoms with E-state index in [4.69, 9.17) is 4.74 Å². The Morgan fingerprint density at radius 1 is 1.44 bits per heavy atom. The van der Waals surface area contributed by atoms with Crippen molar-refractivity contribution in [2.24, 2.45) is 0 Å². The summed E-state index contributed by atoms with van der Waals surface area (Å²) in [4.78, 5) is 11.2. The summed E-state index contributed by atoms with van der Waals surface area (Å²) in [5.74, 6) is -0.425. The lowest BCUT2D eigenvalue weighted by atomic mass is 10.2. The van der Waals surface area contributed by atoms with Gasteiger partial charge in [-0.2, -0.15) is 13.2 Å². The predicted molar refractivity (Wildman–Crippen MR) is 60.1 cm³/mol. The maximum Gasteiger partial charge on any atom is 0.416 e. The summed E-state index contributed by atoms with van der Waals surface area (Å²) < 4.78 is 42.1. The second-order valence-electron chi connectivity index (χ2n) is 3.41. The lowest BCUT2D eigenvalue weighted by Crippen LogP contribution is -2.28. The van der Waals surface area contributed by atoms with Crippen LogP contribution in [0.2, 0.25) is 0 Å². The number of alkyl halides is 3. The number of amides is 1. The maximum atomic E-state index is 12.4. The predicted octanol–water partition coefficient (Wildman–Crippen LogP) is 2.39. The van der Waals surface area contributed by atoms with Gasteiger partial charge in [0.25, 0.3) is 5.91 Å². The lowest BCUT2D eigenvalue weighted by Gasteiger charge is -2.10. The third-order valence-electron chi connectivity index (χ3n) is 1.97. The van der Waals surface area contributed by atoms with Gasteiger partial charge in [0.1, 0.15) is 5.75 Å². The van der Waals surface area contributed by atoms with Crippen molar-refractivity contribution in [2.75, 3.05) is 13.2 Å². The number of halogens is 3. The Labute approximate surface area is 102 Å². The molecule has 1 rings (SSSR count). The van der Waals surface area contributed by atoms with Crippen molar-refractivity contribution in [3.63, 3.8) is 0 Å². The number of nitrogens with one attached hydrogen (secondary N) is 1. The molecule has 0 heterocycles. The van der Waals surface area contributed by atoms with Crippen molar-refractivity contribution in [1.82, 2.24) is 5.32 Å². The number of benzene rings is 1. The van der Waals surface area contributed by atoms with Crippen LogP contribution in [0.3, 0.4) is 0 Å². The van der Waals surface area contributed by atoms with E-state index in [1.807, 2.05) is 0 Å². The Bertz CT molecular complexity index is 430. The Morgan fingerprint density at radius 3 is 2.78 bits per heavy atom. The minimum Gasteiger partial charge on any atom is -0.484 e. The molecule has 0 aliphatic rings. The normalized spacial score (nSPS) is 10.8. The molecule has 0 atom stereocenters. The van der Waals surface area contributed by atoms with Crippen LogP contribution in [-0.4, -0.2) is 19.1 Å². The summed E-state index contributed by atoms with van der Waals surface area (Å²) in [5.41, 5.74) is -0.813. The van der Waals surface area contributed by atoms with Crippen LogP contribution in [0.15, 0.2) is 36.9 Å². The van der Waals surface area contributed by atoms with E-state index in [1.165, 1.54) is 18.2 Å². The smallest absolute Gasteiger partial charge is 0.416 e. The Kier molecular flexibility index (Phi) is 4.76. The van der Waals surface area contributed by atoms with E-state index in [-0.39, 0.29) is 18.9 Å². The molecule has 1 amide bonds. The molecular weight excluding hydrogens is 247 g/mol. The Balaban J connectivity index is 2.58. The molecule has 6 heteroatoms. The van der Waals surface area contributed by atoms with Crippen molar-refractivity contribution in [3.05, 3.63) is 42.5 Å². The van der Waals surface area contributed by atoms with Gasteiger partial charge in [-0.25, -0.2) is 0 Å². The minimum absolute atomic E-state index is 0.00132. The molecule has 3 nitrogen and oxygen atoms in total. The van der Waals surface area contributed by atoms with E-state index in [2.05, 4.69) is 11.9 Å². The van der Waals surface area contributed by atoms with Crippen molar-refractivity contribution in [2.45, 2.75) is 6.18 Å². The number of carbonyl (C=O) groups excluding carboxylic acids is 1. The first-order valence-corrected chi connectivity index (χ1v) is 5.11. The molecule has 1 aromatic rings. The van der Waals surface area contributed by atoms with E-state index in [1.54, 1.807) is 0 Å². The standard InChI is InChI=1S/C12H12F3NO2/c1-2-6-16-11(17)8-18-10-5-3-4-9(7-10)12(13,14)15/h2-5,7H,1,6,8H2,(H,16,17). The van der Waals surface area contributed by atoms with Gasteiger partial charge in [-0.3, -0.25) is 4.79 Å². The van der Waals surface area contributed by atoms with E-state index in [0.29, 0.717) is 0 Å². The number of hydrogen-bond donors (Lipinski definition) is 1. The summed E-state index contributed by atoms with van der Waals surface area (Å²) >= 11 is 0. The monoisotopic (exact) mass is 259 g/mol. The molecule has 0 aliphatic carbocycles. The number of hydrogen-bond acceptors (Lipinski definition) is 2. The van der Waals surface area contributed by atoms with Gasteiger partial charge in [0.05, 0.1) is 5.56 Å². The fraction of sp³-hybridized carbons (Fsp3) is 0.250. The van der Waals surface area contributed by atoms with Crippen LogP contribution in [0, 0.1) is 0 Å². The fourth-order valence-electron chi connectivity index (χ4n) is 1.15. The highest BCUT2D eigenvalue weighted by atomic mass is 19.4. The number of rotatable bonds is 5. The van der Waals surface area contributed by atoms with Crippen molar-refractivity contribution in [3.8, 4) is 5.75 Å². The van der Waals surface area contributed by atoms with Gasteiger partial charge in [-0.15, -0.1) is 6.58 Å². The molecule has 0 bridgehead atoms. The molecule has 18 heavy (non-hydrogen) atoms. The lowest BCUT2D eigenvalue weighted by molar-refractivity contribution is -0.137. The average Bonchev–Trinajstić information content (AvgIpc) is 2.33. The molecule has 98 valence electrons. The molecular formula is C12H12F3NO2. The van der Waals surface area contributed by atoms with Crippen LogP contribution < -0.4 is 10.1 Å². The summed E-state index contributed by atoms with van der Waals surface area (Å²) in [6.45, 7) is 3.35. The Morgan fingerprint density at radius 2 is 2.17 bits per heavy atom. The SMILES string of the molecule is C=CCNC(=O)COc1cccc(C(F)(F)F)c1. The zero-order chi connectivity index (χ0) is 13.6. The highest BCUT2D eigenvalue weighted by Crippen LogP contribution is 2.31. The molecule has 0 spiro atoms. The molecule has 0 saturated heterocycles. The summed E-state index contributed by atoms with van der Waals surface area (Å²) in [6, 6.07) is 4.36. The molecule has 0 radical (unpaired) electrons. The van der Waals surface area contributed by atoms with Crippen molar-refractivity contribution in [1.29, 1.82) is 0 Å². The average molecular weight is 259 g/mol. The largest absolute Gasteiger partial charge is 0.484 e. The van der Waals surface area contributed by atoms with E-state index >= 15 is 0 Å². The highest BCUT2D eigenvalue weighted by Gasteiger charge is 2.30. The summed E-state index contributed by atoms with van der Waals surface area (Å²) in [5, 5.41) is 2.44. The second-order valence-corrected chi connectivity index (χ2v) is 3.41. The van der Waals surface area contributed by atoms with Gasteiger partial charge >= 0.3 is 6.18 Å². The van der Waals surface area contributed by atoms with E-state index in [9.17, 15) is 18.0 Å². The first-order valence-electron chi connectivity index (χ1n) is 5.11. The fourth-order valence-corrected chi connectivity index (χ4v) is 1.15. The highest BCUT2D eigenvalue weighted by molar-refractivity contribution is 5.77. The molecule has 0 aliphatic heterocycles. The first kappa shape index (κ1) is 14.1. The molecule has 0 saturated carbocycles. The number of ether oxygens (including phenoxy) is 1. The maximum absolute atomic E-state index is 12.4. The number of carbonyl (C=O) groups is 1. The van der Waals surface area contributed by atoms with E-state index < -0.39 is 17.6 Å². The second kappa shape index (κ2) is 6.09. The zero-order valence-corrected chi connectivity index (χ0v) is 9.46. The summed E-state index contributed by atoms with van der Waals surface area (Å²) in [6.07, 6.45) is -2.94. The molecule has 1 aromatic carbocycles. The molecule has 0 unspecified atom stereocenters. The first-order chi connectivity index (χ1) is 8.43. The van der Waals surface area contributed by atoms with Crippen LogP contribution in [-0.2, 0) is 11.0 Å². The van der Waals surface area contributed by atoms with Gasteiger partial charge in [0.15, 0.2) is 6.61 Å². The summed E-state index contributed by atoms with van der Waals surface area (Å²) in [7, 11) is 0.